The molecule has 0 aromatic heterocycles. The highest BCUT2D eigenvalue weighted by atomic mass is 35.5. The molecule has 0 bridgehead atoms. The topological polar surface area (TPSA) is 32.3 Å². The first kappa shape index (κ1) is 11.2. The van der Waals surface area contributed by atoms with Crippen molar-refractivity contribution in [3.63, 3.8) is 0 Å². The van der Waals surface area contributed by atoms with Crippen molar-refractivity contribution in [2.75, 3.05) is 13.1 Å². The first-order valence-corrected chi connectivity index (χ1v) is 5.72. The van der Waals surface area contributed by atoms with Gasteiger partial charge < -0.3 is 10.4 Å². The number of hydrogen-bond acceptors (Lipinski definition) is 2. The van der Waals surface area contributed by atoms with Crippen molar-refractivity contribution < 1.29 is 5.11 Å². The lowest BCUT2D eigenvalue weighted by molar-refractivity contribution is 0.0619. The smallest absolute Gasteiger partial charge is 0.0823 e. The van der Waals surface area contributed by atoms with E-state index in [1.165, 1.54) is 0 Å². The predicted octanol–water partition coefficient (Wildman–Crippen LogP) is 2.26. The van der Waals surface area contributed by atoms with Gasteiger partial charge in [-0.25, -0.2) is 0 Å². The van der Waals surface area contributed by atoms with Crippen molar-refractivity contribution in [3.8, 4) is 0 Å². The minimum atomic E-state index is -0.628. The van der Waals surface area contributed by atoms with Crippen LogP contribution >= 0.6 is 23.2 Å². The molecule has 4 heteroatoms. The van der Waals surface area contributed by atoms with Crippen LogP contribution in [-0.2, 0) is 6.42 Å². The van der Waals surface area contributed by atoms with Crippen LogP contribution in [-0.4, -0.2) is 23.8 Å². The summed E-state index contributed by atoms with van der Waals surface area (Å²) in [6, 6.07) is 5.50. The third-order valence-electron chi connectivity index (χ3n) is 2.74. The Morgan fingerprint density at radius 2 is 2.13 bits per heavy atom. The molecule has 1 heterocycles. The zero-order valence-electron chi connectivity index (χ0n) is 8.26. The third-order valence-corrected chi connectivity index (χ3v) is 3.48. The SMILES string of the molecule is OC1(Cc2ccc(Cl)c(Cl)c2)CCNC1. The second-order valence-corrected chi connectivity index (χ2v) is 4.89. The van der Waals surface area contributed by atoms with Crippen LogP contribution in [0.25, 0.3) is 0 Å². The highest BCUT2D eigenvalue weighted by Crippen LogP contribution is 2.26. The Labute approximate surface area is 99.2 Å². The zero-order chi connectivity index (χ0) is 10.9. The Balaban J connectivity index is 2.13. The molecule has 1 atom stereocenters. The molecule has 0 amide bonds. The van der Waals surface area contributed by atoms with E-state index in [9.17, 15) is 5.11 Å². The van der Waals surface area contributed by atoms with E-state index in [2.05, 4.69) is 5.32 Å². The molecule has 1 unspecified atom stereocenters. The van der Waals surface area contributed by atoms with Crippen molar-refractivity contribution in [2.24, 2.45) is 0 Å². The second-order valence-electron chi connectivity index (χ2n) is 4.08. The van der Waals surface area contributed by atoms with Gasteiger partial charge in [-0.1, -0.05) is 29.3 Å². The highest BCUT2D eigenvalue weighted by Gasteiger charge is 2.31. The molecule has 0 aliphatic carbocycles. The Bertz CT molecular complexity index is 362. The summed E-state index contributed by atoms with van der Waals surface area (Å²) in [6.45, 7) is 1.52. The standard InChI is InChI=1S/C11H13Cl2NO/c12-9-2-1-8(5-10(9)13)6-11(15)3-4-14-7-11/h1-2,5,14-15H,3-4,6-7H2. The van der Waals surface area contributed by atoms with Gasteiger partial charge in [0, 0.05) is 13.0 Å². The Hall–Kier alpha value is -0.280. The molecule has 1 aliphatic heterocycles. The molecule has 1 aromatic carbocycles. The fourth-order valence-electron chi connectivity index (χ4n) is 1.91. The van der Waals surface area contributed by atoms with Crippen LogP contribution in [0.5, 0.6) is 0 Å². The van der Waals surface area contributed by atoms with Gasteiger partial charge in [0.15, 0.2) is 0 Å². The summed E-state index contributed by atoms with van der Waals surface area (Å²) in [4.78, 5) is 0. The van der Waals surface area contributed by atoms with Gasteiger partial charge in [0.1, 0.15) is 0 Å². The monoisotopic (exact) mass is 245 g/mol. The normalized spacial score (nSPS) is 25.8. The van der Waals surface area contributed by atoms with Crippen LogP contribution in [0.3, 0.4) is 0 Å². The van der Waals surface area contributed by atoms with Gasteiger partial charge >= 0.3 is 0 Å². The minimum absolute atomic E-state index is 0.545. The number of nitrogens with one attached hydrogen (secondary N) is 1. The highest BCUT2D eigenvalue weighted by molar-refractivity contribution is 6.42. The average Bonchev–Trinajstić information content (AvgIpc) is 2.59. The first-order chi connectivity index (χ1) is 7.09. The summed E-state index contributed by atoms with van der Waals surface area (Å²) in [6.07, 6.45) is 1.41. The van der Waals surface area contributed by atoms with E-state index >= 15 is 0 Å². The van der Waals surface area contributed by atoms with Crippen molar-refractivity contribution in [1.82, 2.24) is 5.32 Å². The summed E-state index contributed by atoms with van der Waals surface area (Å²) >= 11 is 11.7. The maximum Gasteiger partial charge on any atom is 0.0823 e. The number of hydrogen-bond donors (Lipinski definition) is 2. The maximum atomic E-state index is 10.2. The van der Waals surface area contributed by atoms with Gasteiger partial charge in [-0.2, -0.15) is 0 Å². The molecule has 1 aliphatic rings. The molecule has 1 saturated heterocycles. The van der Waals surface area contributed by atoms with Crippen LogP contribution in [0.2, 0.25) is 10.0 Å². The van der Waals surface area contributed by atoms with Gasteiger partial charge in [0.2, 0.25) is 0 Å². The third kappa shape index (κ3) is 2.64. The zero-order valence-corrected chi connectivity index (χ0v) is 9.78. The number of β-amino-alcohol motifs (C(OH)–C–C–N with tert-alkyl or cyclic N) is 1. The molecular weight excluding hydrogens is 233 g/mol. The first-order valence-electron chi connectivity index (χ1n) is 4.96. The predicted molar refractivity (Wildman–Crippen MR) is 62.6 cm³/mol. The fraction of sp³-hybridized carbons (Fsp3) is 0.455. The summed E-state index contributed by atoms with van der Waals surface area (Å²) in [7, 11) is 0. The van der Waals surface area contributed by atoms with Crippen LogP contribution < -0.4 is 5.32 Å². The largest absolute Gasteiger partial charge is 0.388 e. The molecule has 2 rings (SSSR count). The quantitative estimate of drug-likeness (QED) is 0.838. The van der Waals surface area contributed by atoms with Gasteiger partial charge in [-0.3, -0.25) is 0 Å². The van der Waals surface area contributed by atoms with E-state index in [0.29, 0.717) is 23.0 Å². The second kappa shape index (κ2) is 4.30. The summed E-state index contributed by atoms with van der Waals surface area (Å²) in [5.74, 6) is 0. The Kier molecular flexibility index (Phi) is 3.21. The summed E-state index contributed by atoms with van der Waals surface area (Å²) in [5, 5.41) is 14.4. The molecular formula is C11H13Cl2NO. The van der Waals surface area contributed by atoms with Gasteiger partial charge in [0.25, 0.3) is 0 Å². The lowest BCUT2D eigenvalue weighted by Crippen LogP contribution is -2.33. The number of benzene rings is 1. The van der Waals surface area contributed by atoms with Crippen molar-refractivity contribution in [1.29, 1.82) is 0 Å². The average molecular weight is 246 g/mol. The molecule has 2 N–H and O–H groups in total. The lowest BCUT2D eigenvalue weighted by atomic mass is 9.94. The minimum Gasteiger partial charge on any atom is -0.388 e. The molecule has 0 spiro atoms. The molecule has 15 heavy (non-hydrogen) atoms. The lowest BCUT2D eigenvalue weighted by Gasteiger charge is -2.21. The molecule has 1 fully saturated rings. The van der Waals surface area contributed by atoms with Crippen molar-refractivity contribution >= 4 is 23.2 Å². The van der Waals surface area contributed by atoms with Crippen LogP contribution in [0.1, 0.15) is 12.0 Å². The Morgan fingerprint density at radius 1 is 1.33 bits per heavy atom. The van der Waals surface area contributed by atoms with Gasteiger partial charge in [-0.15, -0.1) is 0 Å². The molecule has 1 aromatic rings. The number of aliphatic hydroxyl groups is 1. The van der Waals surface area contributed by atoms with E-state index in [0.717, 1.165) is 18.5 Å². The number of halogens is 2. The molecule has 2 nitrogen and oxygen atoms in total. The van der Waals surface area contributed by atoms with Gasteiger partial charge in [0.05, 0.1) is 15.6 Å². The molecule has 82 valence electrons. The van der Waals surface area contributed by atoms with Crippen LogP contribution in [0.15, 0.2) is 18.2 Å². The summed E-state index contributed by atoms with van der Waals surface area (Å²) in [5.41, 5.74) is 0.396. The van der Waals surface area contributed by atoms with E-state index in [1.54, 1.807) is 6.07 Å². The van der Waals surface area contributed by atoms with Gasteiger partial charge in [-0.05, 0) is 30.7 Å². The summed E-state index contributed by atoms with van der Waals surface area (Å²) < 4.78 is 0. The van der Waals surface area contributed by atoms with Crippen molar-refractivity contribution in [2.45, 2.75) is 18.4 Å². The van der Waals surface area contributed by atoms with E-state index in [1.807, 2.05) is 12.1 Å². The fourth-order valence-corrected chi connectivity index (χ4v) is 2.23. The van der Waals surface area contributed by atoms with Crippen LogP contribution in [0.4, 0.5) is 0 Å². The van der Waals surface area contributed by atoms with E-state index < -0.39 is 5.60 Å². The molecule has 0 radical (unpaired) electrons. The number of rotatable bonds is 2. The maximum absolute atomic E-state index is 10.2. The Morgan fingerprint density at radius 3 is 2.73 bits per heavy atom. The van der Waals surface area contributed by atoms with E-state index in [4.69, 9.17) is 23.2 Å². The van der Waals surface area contributed by atoms with E-state index in [-0.39, 0.29) is 0 Å². The molecule has 0 saturated carbocycles. The van der Waals surface area contributed by atoms with Crippen molar-refractivity contribution in [3.05, 3.63) is 33.8 Å². The van der Waals surface area contributed by atoms with Crippen LogP contribution in [0, 0.1) is 0 Å².